The summed E-state index contributed by atoms with van der Waals surface area (Å²) in [4.78, 5) is 16.1. The van der Waals surface area contributed by atoms with Crippen LogP contribution in [0.1, 0.15) is 33.9 Å². The lowest BCUT2D eigenvalue weighted by molar-refractivity contribution is 0.0952. The number of aryl methyl sites for hydroxylation is 3. The number of aromatic nitrogens is 3. The normalized spacial score (nSPS) is 10.6. The molecule has 0 aliphatic heterocycles. The molecule has 0 aromatic carbocycles. The van der Waals surface area contributed by atoms with Crippen molar-refractivity contribution in [3.63, 3.8) is 0 Å². The fourth-order valence-corrected chi connectivity index (χ4v) is 2.17. The van der Waals surface area contributed by atoms with Gasteiger partial charge >= 0.3 is 0 Å². The molecule has 0 aliphatic rings. The molecule has 2 aromatic heterocycles. The highest BCUT2D eigenvalue weighted by Crippen LogP contribution is 2.03. The highest BCUT2D eigenvalue weighted by atomic mass is 16.1. The molecular weight excluding hydrogens is 266 g/mol. The Bertz CT molecular complexity index is 620. The van der Waals surface area contributed by atoms with E-state index in [1.807, 2.05) is 24.6 Å². The number of hydrogen-bond donors (Lipinski definition) is 2. The van der Waals surface area contributed by atoms with Crippen molar-refractivity contribution in [3.05, 3.63) is 47.0 Å². The molecule has 0 spiro atoms. The van der Waals surface area contributed by atoms with Crippen molar-refractivity contribution in [1.82, 2.24) is 20.1 Å². The molecule has 6 nitrogen and oxygen atoms in total. The second-order valence-corrected chi connectivity index (χ2v) is 5.00. The zero-order valence-corrected chi connectivity index (χ0v) is 12.5. The third-order valence-corrected chi connectivity index (χ3v) is 3.22. The second kappa shape index (κ2) is 6.99. The number of rotatable bonds is 6. The SMILES string of the molecule is Cc1cc(C)n(CCCNC(=O)c2ccnc(CN)c2)n1. The molecule has 0 bridgehead atoms. The van der Waals surface area contributed by atoms with E-state index in [-0.39, 0.29) is 5.91 Å². The highest BCUT2D eigenvalue weighted by Gasteiger charge is 2.06. The Morgan fingerprint density at radius 3 is 2.86 bits per heavy atom. The van der Waals surface area contributed by atoms with Gasteiger partial charge < -0.3 is 11.1 Å². The molecule has 2 heterocycles. The van der Waals surface area contributed by atoms with Crippen molar-refractivity contribution >= 4 is 5.91 Å². The number of amides is 1. The maximum Gasteiger partial charge on any atom is 0.251 e. The van der Waals surface area contributed by atoms with E-state index in [2.05, 4.69) is 15.4 Å². The predicted octanol–water partition coefficient (Wildman–Crippen LogP) is 1.17. The summed E-state index contributed by atoms with van der Waals surface area (Å²) in [6.45, 7) is 5.74. The maximum atomic E-state index is 12.0. The van der Waals surface area contributed by atoms with Gasteiger partial charge in [-0.05, 0) is 38.5 Å². The summed E-state index contributed by atoms with van der Waals surface area (Å²) in [7, 11) is 0. The lowest BCUT2D eigenvalue weighted by Crippen LogP contribution is -2.25. The molecule has 112 valence electrons. The maximum absolute atomic E-state index is 12.0. The first-order valence-electron chi connectivity index (χ1n) is 7.04. The molecule has 21 heavy (non-hydrogen) atoms. The fourth-order valence-electron chi connectivity index (χ4n) is 2.17. The van der Waals surface area contributed by atoms with Crippen LogP contribution in [-0.4, -0.2) is 27.2 Å². The number of nitrogens with zero attached hydrogens (tertiary/aromatic N) is 3. The lowest BCUT2D eigenvalue weighted by Gasteiger charge is -2.07. The Morgan fingerprint density at radius 1 is 1.38 bits per heavy atom. The average molecular weight is 287 g/mol. The second-order valence-electron chi connectivity index (χ2n) is 5.00. The molecule has 6 heteroatoms. The molecule has 2 aromatic rings. The van der Waals surface area contributed by atoms with Crippen molar-refractivity contribution in [2.75, 3.05) is 6.54 Å². The molecule has 0 saturated heterocycles. The molecule has 0 aliphatic carbocycles. The van der Waals surface area contributed by atoms with Crippen LogP contribution in [0, 0.1) is 13.8 Å². The largest absolute Gasteiger partial charge is 0.352 e. The quantitative estimate of drug-likeness (QED) is 0.781. The van der Waals surface area contributed by atoms with Crippen LogP contribution in [0.5, 0.6) is 0 Å². The van der Waals surface area contributed by atoms with Gasteiger partial charge in [-0.1, -0.05) is 0 Å². The molecule has 0 saturated carbocycles. The van der Waals surface area contributed by atoms with Crippen LogP contribution < -0.4 is 11.1 Å². The summed E-state index contributed by atoms with van der Waals surface area (Å²) >= 11 is 0. The summed E-state index contributed by atoms with van der Waals surface area (Å²) in [6, 6.07) is 5.45. The Kier molecular flexibility index (Phi) is 5.05. The van der Waals surface area contributed by atoms with Crippen molar-refractivity contribution in [1.29, 1.82) is 0 Å². The van der Waals surface area contributed by atoms with Crippen molar-refractivity contribution < 1.29 is 4.79 Å². The zero-order chi connectivity index (χ0) is 15.2. The molecule has 2 rings (SSSR count). The number of pyridine rings is 1. The van der Waals surface area contributed by atoms with Gasteiger partial charge in [0.1, 0.15) is 0 Å². The Hall–Kier alpha value is -2.21. The van der Waals surface area contributed by atoms with Crippen LogP contribution in [0.2, 0.25) is 0 Å². The van der Waals surface area contributed by atoms with Gasteiger partial charge in [-0.2, -0.15) is 5.10 Å². The van der Waals surface area contributed by atoms with E-state index in [0.29, 0.717) is 24.3 Å². The predicted molar refractivity (Wildman–Crippen MR) is 80.8 cm³/mol. The molecule has 0 fully saturated rings. The van der Waals surface area contributed by atoms with Crippen molar-refractivity contribution in [2.24, 2.45) is 5.73 Å². The van der Waals surface area contributed by atoms with Gasteiger partial charge in [0.25, 0.3) is 5.91 Å². The van der Waals surface area contributed by atoms with E-state index >= 15 is 0 Å². The van der Waals surface area contributed by atoms with E-state index in [1.54, 1.807) is 18.3 Å². The first-order valence-corrected chi connectivity index (χ1v) is 7.04. The van der Waals surface area contributed by atoms with Crippen LogP contribution in [0.3, 0.4) is 0 Å². The van der Waals surface area contributed by atoms with Crippen LogP contribution in [0.25, 0.3) is 0 Å². The van der Waals surface area contributed by atoms with E-state index in [4.69, 9.17) is 5.73 Å². The van der Waals surface area contributed by atoms with Gasteiger partial charge in [0.15, 0.2) is 0 Å². The van der Waals surface area contributed by atoms with Crippen LogP contribution in [0.4, 0.5) is 0 Å². The molecule has 0 radical (unpaired) electrons. The average Bonchev–Trinajstić information content (AvgIpc) is 2.81. The van der Waals surface area contributed by atoms with Crippen LogP contribution in [-0.2, 0) is 13.1 Å². The first-order chi connectivity index (χ1) is 10.1. The monoisotopic (exact) mass is 287 g/mol. The molecule has 0 unspecified atom stereocenters. The first kappa shape index (κ1) is 15.2. The number of carbonyl (C=O) groups is 1. The summed E-state index contributed by atoms with van der Waals surface area (Å²) in [6.07, 6.45) is 2.44. The van der Waals surface area contributed by atoms with E-state index in [0.717, 1.165) is 24.4 Å². The Labute approximate surface area is 124 Å². The van der Waals surface area contributed by atoms with Gasteiger partial charge in [-0.25, -0.2) is 0 Å². The van der Waals surface area contributed by atoms with Crippen molar-refractivity contribution in [2.45, 2.75) is 33.4 Å². The topological polar surface area (TPSA) is 85.8 Å². The van der Waals surface area contributed by atoms with Gasteiger partial charge in [-0.3, -0.25) is 14.5 Å². The highest BCUT2D eigenvalue weighted by molar-refractivity contribution is 5.94. The van der Waals surface area contributed by atoms with E-state index in [9.17, 15) is 4.79 Å². The smallest absolute Gasteiger partial charge is 0.251 e. The number of hydrogen-bond acceptors (Lipinski definition) is 4. The van der Waals surface area contributed by atoms with Gasteiger partial charge in [0, 0.05) is 37.1 Å². The third kappa shape index (κ3) is 4.13. The Morgan fingerprint density at radius 2 is 2.19 bits per heavy atom. The summed E-state index contributed by atoms with van der Waals surface area (Å²) in [5.41, 5.74) is 8.98. The van der Waals surface area contributed by atoms with Gasteiger partial charge in [0.05, 0.1) is 11.4 Å². The zero-order valence-electron chi connectivity index (χ0n) is 12.5. The summed E-state index contributed by atoms with van der Waals surface area (Å²) in [5, 5.41) is 7.29. The van der Waals surface area contributed by atoms with Gasteiger partial charge in [-0.15, -0.1) is 0 Å². The number of nitrogens with two attached hydrogens (primary N) is 1. The molecule has 3 N–H and O–H groups in total. The standard InChI is InChI=1S/C15H21N5O/c1-11-8-12(2)20(19-11)7-3-5-18-15(21)13-4-6-17-14(9-13)10-16/h4,6,8-9H,3,5,7,10,16H2,1-2H3,(H,18,21). The third-order valence-electron chi connectivity index (χ3n) is 3.22. The van der Waals surface area contributed by atoms with E-state index in [1.165, 1.54) is 0 Å². The number of carbonyl (C=O) groups excluding carboxylic acids is 1. The van der Waals surface area contributed by atoms with Crippen LogP contribution in [0.15, 0.2) is 24.4 Å². The summed E-state index contributed by atoms with van der Waals surface area (Å²) in [5.74, 6) is -0.0968. The Balaban J connectivity index is 1.80. The summed E-state index contributed by atoms with van der Waals surface area (Å²) < 4.78 is 1.96. The molecule has 0 atom stereocenters. The molecule has 1 amide bonds. The minimum Gasteiger partial charge on any atom is -0.352 e. The van der Waals surface area contributed by atoms with Crippen molar-refractivity contribution in [3.8, 4) is 0 Å². The fraction of sp³-hybridized carbons (Fsp3) is 0.400. The lowest BCUT2D eigenvalue weighted by atomic mass is 10.2. The minimum absolute atomic E-state index is 0.0968. The van der Waals surface area contributed by atoms with E-state index < -0.39 is 0 Å². The van der Waals surface area contributed by atoms with Crippen LogP contribution >= 0.6 is 0 Å². The van der Waals surface area contributed by atoms with Gasteiger partial charge in [0.2, 0.25) is 0 Å². The number of nitrogens with one attached hydrogen (secondary N) is 1. The molecular formula is C15H21N5O. The minimum atomic E-state index is -0.0968.